The SMILES string of the molecule is COC(=O)c1cc2c(cc1C)SCC(C)(C)S2(=O)=O. The third-order valence-corrected chi connectivity index (χ3v) is 7.63. The minimum absolute atomic E-state index is 0.236. The number of thioether (sulfide) groups is 1. The number of carbonyl (C=O) groups is 1. The van der Waals surface area contributed by atoms with Gasteiger partial charge in [0.1, 0.15) is 0 Å². The first kappa shape index (κ1) is 14.4. The van der Waals surface area contributed by atoms with Gasteiger partial charge in [0, 0.05) is 10.6 Å². The molecule has 4 nitrogen and oxygen atoms in total. The van der Waals surface area contributed by atoms with E-state index >= 15 is 0 Å². The molecule has 0 aromatic heterocycles. The second kappa shape index (κ2) is 4.52. The normalized spacial score (nSPS) is 19.6. The minimum atomic E-state index is -3.43. The van der Waals surface area contributed by atoms with Crippen molar-refractivity contribution in [1.29, 1.82) is 0 Å². The fourth-order valence-electron chi connectivity index (χ4n) is 1.94. The number of fused-ring (bicyclic) bond motifs is 1. The molecule has 0 atom stereocenters. The number of benzene rings is 1. The van der Waals surface area contributed by atoms with Gasteiger partial charge < -0.3 is 4.74 Å². The molecule has 0 aliphatic carbocycles. The first-order valence-electron chi connectivity index (χ1n) is 5.81. The van der Waals surface area contributed by atoms with Crippen LogP contribution in [0.15, 0.2) is 21.9 Å². The summed E-state index contributed by atoms with van der Waals surface area (Å²) >= 11 is 1.51. The zero-order valence-corrected chi connectivity index (χ0v) is 12.9. The number of ether oxygens (including phenoxy) is 1. The van der Waals surface area contributed by atoms with Crippen LogP contribution < -0.4 is 0 Å². The molecule has 6 heteroatoms. The van der Waals surface area contributed by atoms with Crippen LogP contribution in [0.1, 0.15) is 29.8 Å². The number of sulfone groups is 1. The molecule has 0 unspecified atom stereocenters. The van der Waals surface area contributed by atoms with Gasteiger partial charge in [-0.25, -0.2) is 13.2 Å². The fraction of sp³-hybridized carbons (Fsp3) is 0.462. The number of methoxy groups -OCH3 is 1. The van der Waals surface area contributed by atoms with Gasteiger partial charge in [-0.3, -0.25) is 0 Å². The molecule has 0 bridgehead atoms. The lowest BCUT2D eigenvalue weighted by atomic mass is 10.1. The van der Waals surface area contributed by atoms with Crippen LogP contribution in [-0.2, 0) is 14.6 Å². The largest absolute Gasteiger partial charge is 0.465 e. The van der Waals surface area contributed by atoms with Gasteiger partial charge in [0.15, 0.2) is 9.84 Å². The van der Waals surface area contributed by atoms with Gasteiger partial charge in [-0.1, -0.05) is 0 Å². The highest BCUT2D eigenvalue weighted by Crippen LogP contribution is 2.42. The first-order valence-corrected chi connectivity index (χ1v) is 8.28. The van der Waals surface area contributed by atoms with Gasteiger partial charge in [-0.15, -0.1) is 11.8 Å². The smallest absolute Gasteiger partial charge is 0.338 e. The maximum atomic E-state index is 12.5. The van der Waals surface area contributed by atoms with Crippen LogP contribution in [0.2, 0.25) is 0 Å². The van der Waals surface area contributed by atoms with E-state index < -0.39 is 20.6 Å². The van der Waals surface area contributed by atoms with Crippen molar-refractivity contribution in [3.63, 3.8) is 0 Å². The lowest BCUT2D eigenvalue weighted by Crippen LogP contribution is -2.37. The van der Waals surface area contributed by atoms with E-state index in [1.807, 2.05) is 0 Å². The molecule has 0 spiro atoms. The van der Waals surface area contributed by atoms with Gasteiger partial charge in [0.25, 0.3) is 0 Å². The maximum Gasteiger partial charge on any atom is 0.338 e. The quantitative estimate of drug-likeness (QED) is 0.746. The summed E-state index contributed by atoms with van der Waals surface area (Å²) in [6.45, 7) is 5.19. The summed E-state index contributed by atoms with van der Waals surface area (Å²) in [6, 6.07) is 3.19. The Morgan fingerprint density at radius 1 is 1.37 bits per heavy atom. The zero-order valence-electron chi connectivity index (χ0n) is 11.3. The molecule has 0 amide bonds. The van der Waals surface area contributed by atoms with Crippen LogP contribution in [0.4, 0.5) is 0 Å². The van der Waals surface area contributed by atoms with Gasteiger partial charge in [0.2, 0.25) is 0 Å². The number of carbonyl (C=O) groups excluding carboxylic acids is 1. The molecular formula is C13H16O4S2. The molecule has 1 aliphatic rings. The van der Waals surface area contributed by atoms with Gasteiger partial charge in [-0.2, -0.15) is 0 Å². The Kier molecular flexibility index (Phi) is 3.43. The molecule has 1 aromatic carbocycles. The molecular weight excluding hydrogens is 284 g/mol. The number of rotatable bonds is 1. The summed E-state index contributed by atoms with van der Waals surface area (Å²) in [5.41, 5.74) is 1.04. The minimum Gasteiger partial charge on any atom is -0.465 e. The lowest BCUT2D eigenvalue weighted by Gasteiger charge is -2.31. The van der Waals surface area contributed by atoms with Gasteiger partial charge in [-0.05, 0) is 38.5 Å². The van der Waals surface area contributed by atoms with Gasteiger partial charge >= 0.3 is 5.97 Å². The second-order valence-corrected chi connectivity index (χ2v) is 8.73. The summed E-state index contributed by atoms with van der Waals surface area (Å²) in [5.74, 6) is 0.00294. The van der Waals surface area contributed by atoms with Crippen molar-refractivity contribution in [1.82, 2.24) is 0 Å². The van der Waals surface area contributed by atoms with Crippen LogP contribution in [0.5, 0.6) is 0 Å². The second-order valence-electron chi connectivity index (χ2n) is 5.16. The third kappa shape index (κ3) is 2.17. The summed E-state index contributed by atoms with van der Waals surface area (Å²) in [5, 5.41) is 0. The molecule has 1 heterocycles. The van der Waals surface area contributed by atoms with Crippen molar-refractivity contribution in [3.8, 4) is 0 Å². The molecule has 104 valence electrons. The fourth-order valence-corrected chi connectivity index (χ4v) is 5.40. The molecule has 19 heavy (non-hydrogen) atoms. The Bertz CT molecular complexity index is 645. The molecule has 2 rings (SSSR count). The average molecular weight is 300 g/mol. The topological polar surface area (TPSA) is 60.4 Å². The van der Waals surface area contributed by atoms with E-state index in [0.29, 0.717) is 16.2 Å². The Balaban J connectivity index is 2.70. The van der Waals surface area contributed by atoms with Crippen molar-refractivity contribution >= 4 is 27.6 Å². The average Bonchev–Trinajstić information content (AvgIpc) is 2.33. The maximum absolute atomic E-state index is 12.5. The molecule has 0 N–H and O–H groups in total. The van der Waals surface area contributed by atoms with Crippen molar-refractivity contribution in [3.05, 3.63) is 23.3 Å². The van der Waals surface area contributed by atoms with E-state index in [-0.39, 0.29) is 4.90 Å². The van der Waals surface area contributed by atoms with E-state index in [1.54, 1.807) is 26.8 Å². The van der Waals surface area contributed by atoms with Crippen LogP contribution in [0.3, 0.4) is 0 Å². The zero-order chi connectivity index (χ0) is 14.4. The summed E-state index contributed by atoms with van der Waals surface area (Å²) in [4.78, 5) is 12.6. The molecule has 1 aromatic rings. The number of esters is 1. The highest BCUT2D eigenvalue weighted by atomic mass is 32.2. The summed E-state index contributed by atoms with van der Waals surface area (Å²) < 4.78 is 28.9. The first-order chi connectivity index (χ1) is 8.70. The van der Waals surface area contributed by atoms with Crippen LogP contribution >= 0.6 is 11.8 Å². The predicted octanol–water partition coefficient (Wildman–Crippen LogP) is 2.44. The van der Waals surface area contributed by atoms with Crippen molar-refractivity contribution in [2.45, 2.75) is 35.3 Å². The summed E-state index contributed by atoms with van der Waals surface area (Å²) in [6.07, 6.45) is 0. The third-order valence-electron chi connectivity index (χ3n) is 3.29. The van der Waals surface area contributed by atoms with Crippen LogP contribution in [0, 0.1) is 6.92 Å². The summed E-state index contributed by atoms with van der Waals surface area (Å²) in [7, 11) is -2.14. The van der Waals surface area contributed by atoms with E-state index in [0.717, 1.165) is 5.56 Å². The highest BCUT2D eigenvalue weighted by Gasteiger charge is 2.41. The molecule has 0 saturated carbocycles. The number of aryl methyl sites for hydroxylation is 1. The molecule has 0 saturated heterocycles. The van der Waals surface area contributed by atoms with E-state index in [2.05, 4.69) is 4.74 Å². The lowest BCUT2D eigenvalue weighted by molar-refractivity contribution is 0.0599. The Morgan fingerprint density at radius 2 is 2.00 bits per heavy atom. The van der Waals surface area contributed by atoms with E-state index in [9.17, 15) is 13.2 Å². The van der Waals surface area contributed by atoms with Crippen LogP contribution in [0.25, 0.3) is 0 Å². The Labute approximate surface area is 117 Å². The number of hydrogen-bond acceptors (Lipinski definition) is 5. The van der Waals surface area contributed by atoms with Crippen molar-refractivity contribution in [2.24, 2.45) is 0 Å². The standard InChI is InChI=1S/C13H16O4S2/c1-8-5-10-11(6-9(8)12(14)17-4)19(15,16)13(2,3)7-18-10/h5-6H,7H2,1-4H3. The van der Waals surface area contributed by atoms with Crippen molar-refractivity contribution < 1.29 is 17.9 Å². The molecule has 1 aliphatic heterocycles. The van der Waals surface area contributed by atoms with Crippen LogP contribution in [-0.4, -0.2) is 32.0 Å². The Morgan fingerprint density at radius 3 is 2.58 bits per heavy atom. The Hall–Kier alpha value is -1.01. The monoisotopic (exact) mass is 300 g/mol. The number of hydrogen-bond donors (Lipinski definition) is 0. The highest BCUT2D eigenvalue weighted by molar-refractivity contribution is 8.03. The molecule has 0 radical (unpaired) electrons. The molecule has 0 fully saturated rings. The predicted molar refractivity (Wildman–Crippen MR) is 74.5 cm³/mol. The van der Waals surface area contributed by atoms with Crippen molar-refractivity contribution in [2.75, 3.05) is 12.9 Å². The van der Waals surface area contributed by atoms with E-state index in [4.69, 9.17) is 0 Å². The van der Waals surface area contributed by atoms with Gasteiger partial charge in [0.05, 0.1) is 22.3 Å². The van der Waals surface area contributed by atoms with E-state index in [1.165, 1.54) is 24.9 Å².